The molecule has 2 aromatic carbocycles. The fraction of sp³-hybridized carbons (Fsp3) is 0.238. The summed E-state index contributed by atoms with van der Waals surface area (Å²) in [7, 11) is 0. The fourth-order valence-electron chi connectivity index (χ4n) is 3.39. The normalized spacial score (nSPS) is 14.0. The summed E-state index contributed by atoms with van der Waals surface area (Å²) in [4.78, 5) is 21.0. The highest BCUT2D eigenvalue weighted by Gasteiger charge is 2.20. The molecular formula is C21H21N3OS. The van der Waals surface area contributed by atoms with E-state index in [-0.39, 0.29) is 5.91 Å². The van der Waals surface area contributed by atoms with Crippen LogP contribution in [0, 0.1) is 0 Å². The van der Waals surface area contributed by atoms with E-state index in [4.69, 9.17) is 4.98 Å². The molecule has 0 saturated heterocycles. The minimum absolute atomic E-state index is 0.0241. The van der Waals surface area contributed by atoms with E-state index in [2.05, 4.69) is 34.5 Å². The molecule has 0 spiro atoms. The zero-order valence-corrected chi connectivity index (χ0v) is 15.6. The third kappa shape index (κ3) is 3.54. The number of benzene rings is 2. The van der Waals surface area contributed by atoms with Crippen LogP contribution in [0.2, 0.25) is 0 Å². The number of thiazole rings is 1. The molecule has 1 aliphatic rings. The number of hydrogen-bond acceptors (Lipinski definition) is 4. The third-order valence-corrected chi connectivity index (χ3v) is 5.53. The van der Waals surface area contributed by atoms with Crippen LogP contribution in [0.3, 0.4) is 0 Å². The number of carbonyl (C=O) groups excluding carboxylic acids is 1. The Bertz CT molecular complexity index is 906. The topological polar surface area (TPSA) is 36.4 Å². The Labute approximate surface area is 157 Å². The van der Waals surface area contributed by atoms with Gasteiger partial charge in [0.15, 0.2) is 5.13 Å². The molecule has 0 aliphatic carbocycles. The Balaban J connectivity index is 1.50. The standard InChI is InChI=1S/C21H21N3OS/c1-16(25)24(20-9-3-2-4-10-20)21-22-19(15-26-21)14-23-12-11-17-7-5-6-8-18(17)13-23/h2-10,15H,11-14H2,1H3. The average molecular weight is 363 g/mol. The van der Waals surface area contributed by atoms with Crippen molar-refractivity contribution in [2.75, 3.05) is 11.4 Å². The number of amides is 1. The van der Waals surface area contributed by atoms with Gasteiger partial charge in [0, 0.05) is 31.9 Å². The lowest BCUT2D eigenvalue weighted by Gasteiger charge is -2.28. The molecule has 0 unspecified atom stereocenters. The summed E-state index contributed by atoms with van der Waals surface area (Å²) >= 11 is 1.52. The Morgan fingerprint density at radius 2 is 1.85 bits per heavy atom. The minimum Gasteiger partial charge on any atom is -0.293 e. The van der Waals surface area contributed by atoms with Crippen molar-refractivity contribution in [3.8, 4) is 0 Å². The van der Waals surface area contributed by atoms with Gasteiger partial charge in [-0.1, -0.05) is 42.5 Å². The first-order valence-electron chi connectivity index (χ1n) is 8.80. The van der Waals surface area contributed by atoms with Crippen molar-refractivity contribution in [1.29, 1.82) is 0 Å². The molecule has 1 amide bonds. The van der Waals surface area contributed by atoms with E-state index in [1.165, 1.54) is 22.5 Å². The maximum Gasteiger partial charge on any atom is 0.230 e. The van der Waals surface area contributed by atoms with Crippen molar-refractivity contribution in [2.24, 2.45) is 0 Å². The lowest BCUT2D eigenvalue weighted by molar-refractivity contribution is -0.115. The van der Waals surface area contributed by atoms with E-state index in [0.717, 1.165) is 42.6 Å². The summed E-state index contributed by atoms with van der Waals surface area (Å²) in [6.45, 7) is 4.39. The van der Waals surface area contributed by atoms with E-state index < -0.39 is 0 Å². The van der Waals surface area contributed by atoms with Gasteiger partial charge in [-0.05, 0) is 29.7 Å². The minimum atomic E-state index is -0.0241. The van der Waals surface area contributed by atoms with Crippen LogP contribution in [0.15, 0.2) is 60.0 Å². The Kier molecular flexibility index (Phi) is 4.82. The van der Waals surface area contributed by atoms with E-state index in [1.807, 2.05) is 30.3 Å². The molecule has 132 valence electrons. The second-order valence-electron chi connectivity index (χ2n) is 6.54. The van der Waals surface area contributed by atoms with Gasteiger partial charge in [0.25, 0.3) is 0 Å². The predicted molar refractivity (Wildman–Crippen MR) is 106 cm³/mol. The van der Waals surface area contributed by atoms with Gasteiger partial charge in [-0.15, -0.1) is 11.3 Å². The van der Waals surface area contributed by atoms with Gasteiger partial charge in [-0.25, -0.2) is 4.98 Å². The van der Waals surface area contributed by atoms with Crippen molar-refractivity contribution in [2.45, 2.75) is 26.4 Å². The summed E-state index contributed by atoms with van der Waals surface area (Å²) in [5.74, 6) is -0.0241. The molecule has 4 nitrogen and oxygen atoms in total. The van der Waals surface area contributed by atoms with Crippen molar-refractivity contribution in [1.82, 2.24) is 9.88 Å². The quantitative estimate of drug-likeness (QED) is 0.690. The van der Waals surface area contributed by atoms with Crippen molar-refractivity contribution in [3.63, 3.8) is 0 Å². The maximum atomic E-state index is 12.2. The second kappa shape index (κ2) is 7.40. The molecule has 1 aliphatic heterocycles. The number of para-hydroxylation sites is 1. The van der Waals surface area contributed by atoms with Gasteiger partial charge in [0.2, 0.25) is 5.91 Å². The molecule has 0 fully saturated rings. The van der Waals surface area contributed by atoms with E-state index in [0.29, 0.717) is 0 Å². The molecule has 0 bridgehead atoms. The SMILES string of the molecule is CC(=O)N(c1ccccc1)c1nc(CN2CCc3ccccc3C2)cs1. The molecule has 0 radical (unpaired) electrons. The molecule has 0 saturated carbocycles. The molecule has 0 atom stereocenters. The molecule has 4 rings (SSSR count). The molecule has 26 heavy (non-hydrogen) atoms. The number of carbonyl (C=O) groups is 1. The lowest BCUT2D eigenvalue weighted by atomic mass is 10.00. The first-order chi connectivity index (χ1) is 12.7. The van der Waals surface area contributed by atoms with Gasteiger partial charge in [-0.3, -0.25) is 14.6 Å². The second-order valence-corrected chi connectivity index (χ2v) is 7.38. The Hall–Kier alpha value is -2.50. The van der Waals surface area contributed by atoms with Crippen LogP contribution in [0.1, 0.15) is 23.7 Å². The Morgan fingerprint density at radius 1 is 1.12 bits per heavy atom. The van der Waals surface area contributed by atoms with Crippen molar-refractivity contribution in [3.05, 3.63) is 76.8 Å². The number of nitrogens with zero attached hydrogens (tertiary/aromatic N) is 3. The monoisotopic (exact) mass is 363 g/mol. The van der Waals surface area contributed by atoms with Crippen LogP contribution in [-0.2, 0) is 24.3 Å². The maximum absolute atomic E-state index is 12.2. The lowest BCUT2D eigenvalue weighted by Crippen LogP contribution is -2.30. The van der Waals surface area contributed by atoms with Crippen LogP contribution >= 0.6 is 11.3 Å². The number of hydrogen-bond donors (Lipinski definition) is 0. The van der Waals surface area contributed by atoms with Crippen LogP contribution < -0.4 is 4.90 Å². The van der Waals surface area contributed by atoms with Gasteiger partial charge >= 0.3 is 0 Å². The zero-order chi connectivity index (χ0) is 17.9. The largest absolute Gasteiger partial charge is 0.293 e. The van der Waals surface area contributed by atoms with Gasteiger partial charge in [0.1, 0.15) is 0 Å². The van der Waals surface area contributed by atoms with E-state index in [9.17, 15) is 4.79 Å². The summed E-state index contributed by atoms with van der Waals surface area (Å²) in [6.07, 6.45) is 1.08. The third-order valence-electron chi connectivity index (χ3n) is 4.66. The molecule has 2 heterocycles. The average Bonchev–Trinajstić information content (AvgIpc) is 3.10. The molecular weight excluding hydrogens is 342 g/mol. The number of aromatic nitrogens is 1. The highest BCUT2D eigenvalue weighted by Crippen LogP contribution is 2.29. The van der Waals surface area contributed by atoms with Crippen LogP contribution in [-0.4, -0.2) is 22.3 Å². The number of anilines is 2. The van der Waals surface area contributed by atoms with Gasteiger partial charge < -0.3 is 0 Å². The van der Waals surface area contributed by atoms with E-state index >= 15 is 0 Å². The zero-order valence-electron chi connectivity index (χ0n) is 14.8. The molecule has 5 heteroatoms. The predicted octanol–water partition coefficient (Wildman–Crippen LogP) is 4.39. The fourth-order valence-corrected chi connectivity index (χ4v) is 4.27. The van der Waals surface area contributed by atoms with Crippen LogP contribution in [0.25, 0.3) is 0 Å². The summed E-state index contributed by atoms with van der Waals surface area (Å²) < 4.78 is 0. The van der Waals surface area contributed by atoms with E-state index in [1.54, 1.807) is 11.8 Å². The first-order valence-corrected chi connectivity index (χ1v) is 9.68. The van der Waals surface area contributed by atoms with Crippen molar-refractivity contribution < 1.29 is 4.79 Å². The Morgan fingerprint density at radius 3 is 2.62 bits per heavy atom. The van der Waals surface area contributed by atoms with Gasteiger partial charge in [0.05, 0.1) is 11.4 Å². The number of fused-ring (bicyclic) bond motifs is 1. The first kappa shape index (κ1) is 16.9. The van der Waals surface area contributed by atoms with Crippen LogP contribution in [0.5, 0.6) is 0 Å². The highest BCUT2D eigenvalue weighted by molar-refractivity contribution is 7.14. The summed E-state index contributed by atoms with van der Waals surface area (Å²) in [5, 5.41) is 2.80. The van der Waals surface area contributed by atoms with Crippen molar-refractivity contribution >= 4 is 28.1 Å². The molecule has 0 N–H and O–H groups in total. The smallest absolute Gasteiger partial charge is 0.230 e. The van der Waals surface area contributed by atoms with Gasteiger partial charge in [-0.2, -0.15) is 0 Å². The number of rotatable bonds is 4. The summed E-state index contributed by atoms with van der Waals surface area (Å²) in [6, 6.07) is 18.3. The molecule has 1 aromatic heterocycles. The highest BCUT2D eigenvalue weighted by atomic mass is 32.1. The molecule has 3 aromatic rings. The summed E-state index contributed by atoms with van der Waals surface area (Å²) in [5.41, 5.74) is 4.73. The van der Waals surface area contributed by atoms with Crippen LogP contribution in [0.4, 0.5) is 10.8 Å².